The van der Waals surface area contributed by atoms with Crippen molar-refractivity contribution in [3.63, 3.8) is 0 Å². The number of hydrogen-bond donors (Lipinski definition) is 0. The summed E-state index contributed by atoms with van der Waals surface area (Å²) >= 11 is 0. The number of hydrogen-bond acceptors (Lipinski definition) is 6. The van der Waals surface area contributed by atoms with Gasteiger partial charge in [0.1, 0.15) is 6.54 Å². The predicted octanol–water partition coefficient (Wildman–Crippen LogP) is 2.67. The van der Waals surface area contributed by atoms with Gasteiger partial charge in [-0.1, -0.05) is 12.5 Å². The molecule has 35 heavy (non-hydrogen) atoms. The molecule has 1 saturated carbocycles. The first-order valence-corrected chi connectivity index (χ1v) is 13.0. The summed E-state index contributed by atoms with van der Waals surface area (Å²) in [5, 5.41) is 4.76. The van der Waals surface area contributed by atoms with Gasteiger partial charge in [-0.15, -0.1) is 0 Å². The van der Waals surface area contributed by atoms with Crippen LogP contribution in [-0.4, -0.2) is 61.6 Å². The number of carbonyl (C=O) groups excluding carboxylic acids is 1. The lowest BCUT2D eigenvalue weighted by atomic mass is 9.68. The first-order chi connectivity index (χ1) is 17.0. The van der Waals surface area contributed by atoms with Crippen molar-refractivity contribution in [1.82, 2.24) is 9.78 Å². The summed E-state index contributed by atoms with van der Waals surface area (Å²) in [6.45, 7) is 9.63. The number of carbonyl (C=O) groups is 1. The number of amides is 1. The standard InChI is InChI=1S/C27H35N5O3/c1-19-20(2)26(34)32(28-25(19)30-12-10-27(18-30)8-4-9-27)17-24(33)31-11-7-21-22(5-3-6-23(21)31)29-13-15-35-16-14-29/h3,5-6H,4,7-18H2,1-2H3. The molecule has 1 aromatic heterocycles. The van der Waals surface area contributed by atoms with Gasteiger partial charge in [0.25, 0.3) is 5.56 Å². The topological polar surface area (TPSA) is 70.9 Å². The van der Waals surface area contributed by atoms with Crippen molar-refractivity contribution >= 4 is 23.1 Å². The van der Waals surface area contributed by atoms with Gasteiger partial charge in [0.15, 0.2) is 5.82 Å². The molecule has 2 saturated heterocycles. The molecule has 0 unspecified atom stereocenters. The van der Waals surface area contributed by atoms with E-state index in [4.69, 9.17) is 9.84 Å². The maximum absolute atomic E-state index is 13.5. The minimum atomic E-state index is -0.168. The third-order valence-corrected chi connectivity index (χ3v) is 8.76. The summed E-state index contributed by atoms with van der Waals surface area (Å²) < 4.78 is 6.91. The smallest absolute Gasteiger partial charge is 0.270 e. The molecule has 0 N–H and O–H groups in total. The van der Waals surface area contributed by atoms with Crippen LogP contribution in [0, 0.1) is 19.3 Å². The summed E-state index contributed by atoms with van der Waals surface area (Å²) in [4.78, 5) is 33.1. The maximum atomic E-state index is 13.5. The summed E-state index contributed by atoms with van der Waals surface area (Å²) in [5.41, 5.74) is 5.28. The van der Waals surface area contributed by atoms with Crippen molar-refractivity contribution in [2.75, 3.05) is 60.6 Å². The summed E-state index contributed by atoms with van der Waals surface area (Å²) in [6, 6.07) is 6.19. The average molecular weight is 478 g/mol. The normalized spacial score (nSPS) is 20.9. The molecule has 8 heteroatoms. The second kappa shape index (κ2) is 8.66. The molecule has 4 aliphatic rings. The van der Waals surface area contributed by atoms with Gasteiger partial charge in [-0.05, 0) is 57.1 Å². The van der Waals surface area contributed by atoms with Crippen LogP contribution in [0.4, 0.5) is 17.2 Å². The lowest BCUT2D eigenvalue weighted by Gasteiger charge is -2.38. The van der Waals surface area contributed by atoms with Crippen molar-refractivity contribution in [3.8, 4) is 0 Å². The van der Waals surface area contributed by atoms with Crippen molar-refractivity contribution in [1.29, 1.82) is 0 Å². The molecule has 0 bridgehead atoms. The molecule has 2 aromatic rings. The van der Waals surface area contributed by atoms with E-state index in [2.05, 4.69) is 15.9 Å². The predicted molar refractivity (Wildman–Crippen MR) is 137 cm³/mol. The molecule has 1 amide bonds. The van der Waals surface area contributed by atoms with E-state index in [1.54, 1.807) is 0 Å². The van der Waals surface area contributed by atoms with Crippen molar-refractivity contribution in [2.24, 2.45) is 5.41 Å². The number of aromatic nitrogens is 2. The van der Waals surface area contributed by atoms with Gasteiger partial charge in [-0.25, -0.2) is 4.68 Å². The Morgan fingerprint density at radius 2 is 1.77 bits per heavy atom. The molecule has 1 aromatic carbocycles. The third-order valence-electron chi connectivity index (χ3n) is 8.76. The zero-order valence-corrected chi connectivity index (χ0v) is 20.9. The fraction of sp³-hybridized carbons (Fsp3) is 0.593. The molecule has 186 valence electrons. The largest absolute Gasteiger partial charge is 0.378 e. The molecule has 1 aliphatic carbocycles. The second-order valence-electron chi connectivity index (χ2n) is 10.7. The van der Waals surface area contributed by atoms with E-state index in [0.717, 1.165) is 62.9 Å². The van der Waals surface area contributed by atoms with E-state index in [9.17, 15) is 9.59 Å². The fourth-order valence-corrected chi connectivity index (χ4v) is 6.35. The Morgan fingerprint density at radius 3 is 2.49 bits per heavy atom. The third kappa shape index (κ3) is 3.82. The van der Waals surface area contributed by atoms with Gasteiger partial charge in [0, 0.05) is 60.8 Å². The Bertz CT molecular complexity index is 1210. The van der Waals surface area contributed by atoms with Crippen molar-refractivity contribution in [3.05, 3.63) is 45.2 Å². The van der Waals surface area contributed by atoms with Crippen LogP contribution in [0.15, 0.2) is 23.0 Å². The zero-order valence-electron chi connectivity index (χ0n) is 20.9. The molecular weight excluding hydrogens is 442 g/mol. The Morgan fingerprint density at radius 1 is 1.00 bits per heavy atom. The highest BCUT2D eigenvalue weighted by atomic mass is 16.5. The highest BCUT2D eigenvalue weighted by molar-refractivity contribution is 5.96. The highest BCUT2D eigenvalue weighted by Gasteiger charge is 2.43. The van der Waals surface area contributed by atoms with Gasteiger partial charge >= 0.3 is 0 Å². The first-order valence-electron chi connectivity index (χ1n) is 13.0. The molecule has 0 atom stereocenters. The van der Waals surface area contributed by atoms with Crippen LogP contribution in [0.1, 0.15) is 42.4 Å². The van der Waals surface area contributed by atoms with Crippen LogP contribution in [0.5, 0.6) is 0 Å². The molecule has 6 rings (SSSR count). The SMILES string of the molecule is Cc1c(N2CCC3(CCC3)C2)nn(CC(=O)N2CCc3c(N4CCOCC4)cccc32)c(=O)c1C. The number of ether oxygens (including phenoxy) is 1. The molecule has 3 aliphatic heterocycles. The summed E-state index contributed by atoms with van der Waals surface area (Å²) in [6.07, 6.45) is 5.92. The van der Waals surface area contributed by atoms with Gasteiger partial charge in [0.05, 0.1) is 13.2 Å². The van der Waals surface area contributed by atoms with E-state index >= 15 is 0 Å². The Labute approximate surface area is 206 Å². The number of rotatable bonds is 4. The molecule has 8 nitrogen and oxygen atoms in total. The number of fused-ring (bicyclic) bond motifs is 1. The number of anilines is 3. The van der Waals surface area contributed by atoms with Gasteiger partial charge in [-0.2, -0.15) is 5.10 Å². The zero-order chi connectivity index (χ0) is 24.2. The van der Waals surface area contributed by atoms with E-state index in [-0.39, 0.29) is 18.0 Å². The lowest BCUT2D eigenvalue weighted by molar-refractivity contribution is -0.119. The minimum absolute atomic E-state index is 0.0346. The van der Waals surface area contributed by atoms with E-state index in [1.807, 2.05) is 30.9 Å². The summed E-state index contributed by atoms with van der Waals surface area (Å²) in [7, 11) is 0. The number of morpholine rings is 1. The number of benzene rings is 1. The monoisotopic (exact) mass is 477 g/mol. The van der Waals surface area contributed by atoms with Crippen LogP contribution in [-0.2, 0) is 22.5 Å². The summed E-state index contributed by atoms with van der Waals surface area (Å²) in [5.74, 6) is 0.790. The molecule has 4 heterocycles. The fourth-order valence-electron chi connectivity index (χ4n) is 6.35. The van der Waals surface area contributed by atoms with Crippen LogP contribution in [0.25, 0.3) is 0 Å². The molecule has 3 fully saturated rings. The Balaban J connectivity index is 1.25. The van der Waals surface area contributed by atoms with Crippen LogP contribution in [0.2, 0.25) is 0 Å². The Hall–Kier alpha value is -2.87. The first kappa shape index (κ1) is 22.6. The van der Waals surface area contributed by atoms with Gasteiger partial charge in [-0.3, -0.25) is 9.59 Å². The van der Waals surface area contributed by atoms with E-state index in [1.165, 1.54) is 41.6 Å². The molecular formula is C27H35N5O3. The lowest BCUT2D eigenvalue weighted by Crippen LogP contribution is -2.39. The van der Waals surface area contributed by atoms with E-state index in [0.29, 0.717) is 17.5 Å². The maximum Gasteiger partial charge on any atom is 0.270 e. The number of nitrogens with zero attached hydrogens (tertiary/aromatic N) is 5. The van der Waals surface area contributed by atoms with Crippen LogP contribution >= 0.6 is 0 Å². The molecule has 0 radical (unpaired) electrons. The molecule has 1 spiro atoms. The van der Waals surface area contributed by atoms with Crippen LogP contribution in [0.3, 0.4) is 0 Å². The van der Waals surface area contributed by atoms with Crippen molar-refractivity contribution in [2.45, 2.75) is 52.5 Å². The minimum Gasteiger partial charge on any atom is -0.378 e. The van der Waals surface area contributed by atoms with Gasteiger partial charge < -0.3 is 19.4 Å². The van der Waals surface area contributed by atoms with Crippen LogP contribution < -0.4 is 20.3 Å². The Kier molecular flexibility index (Phi) is 5.59. The highest BCUT2D eigenvalue weighted by Crippen LogP contribution is 2.49. The average Bonchev–Trinajstić information content (AvgIpc) is 3.50. The van der Waals surface area contributed by atoms with Gasteiger partial charge in [0.2, 0.25) is 5.91 Å². The van der Waals surface area contributed by atoms with Crippen molar-refractivity contribution < 1.29 is 9.53 Å². The van der Waals surface area contributed by atoms with E-state index < -0.39 is 0 Å². The second-order valence-corrected chi connectivity index (χ2v) is 10.7. The quantitative estimate of drug-likeness (QED) is 0.674.